The van der Waals surface area contributed by atoms with Crippen LogP contribution in [0.15, 0.2) is 12.1 Å². The van der Waals surface area contributed by atoms with Crippen molar-refractivity contribution in [3.63, 3.8) is 0 Å². The van der Waals surface area contributed by atoms with Crippen LogP contribution >= 0.6 is 0 Å². The molecule has 0 saturated carbocycles. The molecule has 0 bridgehead atoms. The molecule has 16 heavy (non-hydrogen) atoms. The third-order valence-electron chi connectivity index (χ3n) is 2.87. The van der Waals surface area contributed by atoms with E-state index in [-0.39, 0.29) is 6.10 Å². The molecule has 0 aliphatic rings. The lowest BCUT2D eigenvalue weighted by atomic mass is 9.93. The second-order valence-electron chi connectivity index (χ2n) is 4.42. The average molecular weight is 216 g/mol. The molecule has 0 spiro atoms. The van der Waals surface area contributed by atoms with Crippen molar-refractivity contribution in [2.75, 3.05) is 0 Å². The maximum Gasteiger partial charge on any atom is 0.0795 e. The highest BCUT2D eigenvalue weighted by Crippen LogP contribution is 2.26. The largest absolute Gasteiger partial charge is 0.388 e. The lowest BCUT2D eigenvalue weighted by molar-refractivity contribution is 0.164. The fraction of sp³-hybridized carbons (Fsp3) is 0.467. The maximum atomic E-state index is 10.1. The number of aliphatic hydroxyl groups excluding tert-OH is 1. The molecule has 1 atom stereocenters. The number of terminal acetylenes is 1. The summed E-state index contributed by atoms with van der Waals surface area (Å²) in [4.78, 5) is 0. The third kappa shape index (κ3) is 3.12. The van der Waals surface area contributed by atoms with E-state index in [9.17, 15) is 5.11 Å². The van der Waals surface area contributed by atoms with Gasteiger partial charge in [-0.05, 0) is 50.3 Å². The Kier molecular flexibility index (Phi) is 4.58. The van der Waals surface area contributed by atoms with E-state index in [2.05, 4.69) is 38.8 Å². The van der Waals surface area contributed by atoms with Crippen LogP contribution in [0.25, 0.3) is 0 Å². The van der Waals surface area contributed by atoms with Crippen LogP contribution in [0.5, 0.6) is 0 Å². The number of rotatable bonds is 4. The van der Waals surface area contributed by atoms with Crippen molar-refractivity contribution in [3.8, 4) is 12.3 Å². The van der Waals surface area contributed by atoms with Gasteiger partial charge in [0.2, 0.25) is 0 Å². The Balaban J connectivity index is 2.83. The van der Waals surface area contributed by atoms with Gasteiger partial charge < -0.3 is 5.11 Å². The van der Waals surface area contributed by atoms with E-state index in [1.165, 1.54) is 16.7 Å². The van der Waals surface area contributed by atoms with Crippen LogP contribution in [0.1, 0.15) is 47.6 Å². The number of unbranched alkanes of at least 4 members (excludes halogenated alkanes) is 1. The molecule has 86 valence electrons. The summed E-state index contributed by atoms with van der Waals surface area (Å²) >= 11 is 0. The summed E-state index contributed by atoms with van der Waals surface area (Å²) in [6.07, 6.45) is 7.18. The first kappa shape index (κ1) is 12.8. The predicted octanol–water partition coefficient (Wildman–Crippen LogP) is 3.45. The van der Waals surface area contributed by atoms with Crippen LogP contribution in [0.3, 0.4) is 0 Å². The average Bonchev–Trinajstić information content (AvgIpc) is 2.16. The molecule has 1 N–H and O–H groups in total. The van der Waals surface area contributed by atoms with E-state index < -0.39 is 0 Å². The second-order valence-corrected chi connectivity index (χ2v) is 4.42. The molecule has 0 fully saturated rings. The Labute approximate surface area is 98.5 Å². The number of hydrogen-bond donors (Lipinski definition) is 1. The first-order chi connectivity index (χ1) is 7.56. The highest BCUT2D eigenvalue weighted by molar-refractivity contribution is 5.38. The fourth-order valence-electron chi connectivity index (χ4n) is 2.26. The molecule has 1 rings (SSSR count). The van der Waals surface area contributed by atoms with Gasteiger partial charge in [0.15, 0.2) is 0 Å². The van der Waals surface area contributed by atoms with Crippen LogP contribution in [-0.4, -0.2) is 5.11 Å². The number of aliphatic hydroxyl groups is 1. The zero-order valence-electron chi connectivity index (χ0n) is 10.4. The summed E-state index contributed by atoms with van der Waals surface area (Å²) < 4.78 is 0. The summed E-state index contributed by atoms with van der Waals surface area (Å²) in [6, 6.07) is 4.24. The minimum Gasteiger partial charge on any atom is -0.388 e. The fourth-order valence-corrected chi connectivity index (χ4v) is 2.26. The van der Waals surface area contributed by atoms with Crippen molar-refractivity contribution in [1.29, 1.82) is 0 Å². The normalized spacial score (nSPS) is 12.2. The van der Waals surface area contributed by atoms with Crippen LogP contribution in [0.2, 0.25) is 0 Å². The van der Waals surface area contributed by atoms with Gasteiger partial charge in [0.05, 0.1) is 6.10 Å². The van der Waals surface area contributed by atoms with E-state index >= 15 is 0 Å². The van der Waals surface area contributed by atoms with Crippen LogP contribution < -0.4 is 0 Å². The van der Waals surface area contributed by atoms with Crippen LogP contribution in [0, 0.1) is 33.1 Å². The van der Waals surface area contributed by atoms with Crippen LogP contribution in [-0.2, 0) is 0 Å². The monoisotopic (exact) mass is 216 g/mol. The van der Waals surface area contributed by atoms with Gasteiger partial charge in [0.25, 0.3) is 0 Å². The molecule has 0 heterocycles. The van der Waals surface area contributed by atoms with Crippen molar-refractivity contribution in [3.05, 3.63) is 34.4 Å². The Morgan fingerprint density at radius 3 is 2.31 bits per heavy atom. The zero-order chi connectivity index (χ0) is 12.1. The first-order valence-corrected chi connectivity index (χ1v) is 5.75. The van der Waals surface area contributed by atoms with Crippen molar-refractivity contribution in [1.82, 2.24) is 0 Å². The van der Waals surface area contributed by atoms with Crippen molar-refractivity contribution in [2.45, 2.75) is 46.1 Å². The van der Waals surface area contributed by atoms with E-state index in [0.29, 0.717) is 0 Å². The summed E-state index contributed by atoms with van der Waals surface area (Å²) in [5.74, 6) is 2.60. The molecule has 0 radical (unpaired) electrons. The number of hydrogen-bond acceptors (Lipinski definition) is 1. The standard InChI is InChI=1S/C15H20O/c1-5-6-7-8-14(16)15-12(3)9-11(2)10-13(15)4/h1,9-10,14,16H,6-8H2,2-4H3. The van der Waals surface area contributed by atoms with Gasteiger partial charge in [0.1, 0.15) is 0 Å². The van der Waals surface area contributed by atoms with E-state index in [4.69, 9.17) is 6.42 Å². The molecule has 0 aliphatic heterocycles. The Morgan fingerprint density at radius 2 is 1.81 bits per heavy atom. The van der Waals surface area contributed by atoms with Crippen molar-refractivity contribution < 1.29 is 5.11 Å². The van der Waals surface area contributed by atoms with Crippen molar-refractivity contribution >= 4 is 0 Å². The van der Waals surface area contributed by atoms with Gasteiger partial charge in [-0.2, -0.15) is 0 Å². The van der Waals surface area contributed by atoms with Gasteiger partial charge in [-0.3, -0.25) is 0 Å². The summed E-state index contributed by atoms with van der Waals surface area (Å²) in [5, 5.41) is 10.1. The van der Waals surface area contributed by atoms with E-state index in [1.807, 2.05) is 0 Å². The molecule has 1 aromatic rings. The van der Waals surface area contributed by atoms with Gasteiger partial charge in [-0.1, -0.05) is 17.7 Å². The first-order valence-electron chi connectivity index (χ1n) is 5.75. The van der Waals surface area contributed by atoms with E-state index in [0.717, 1.165) is 24.8 Å². The molecular weight excluding hydrogens is 196 g/mol. The second kappa shape index (κ2) is 5.72. The molecule has 1 aromatic carbocycles. The lowest BCUT2D eigenvalue weighted by Gasteiger charge is -2.17. The molecule has 0 amide bonds. The highest BCUT2D eigenvalue weighted by atomic mass is 16.3. The Morgan fingerprint density at radius 1 is 1.25 bits per heavy atom. The smallest absolute Gasteiger partial charge is 0.0795 e. The van der Waals surface area contributed by atoms with Gasteiger partial charge >= 0.3 is 0 Å². The number of aryl methyl sites for hydroxylation is 3. The Bertz CT molecular complexity index is 375. The zero-order valence-corrected chi connectivity index (χ0v) is 10.4. The van der Waals surface area contributed by atoms with Crippen molar-refractivity contribution in [2.24, 2.45) is 0 Å². The summed E-state index contributed by atoms with van der Waals surface area (Å²) in [6.45, 7) is 6.19. The van der Waals surface area contributed by atoms with Crippen LogP contribution in [0.4, 0.5) is 0 Å². The molecule has 1 heteroatoms. The molecule has 0 saturated heterocycles. The summed E-state index contributed by atoms with van der Waals surface area (Å²) in [7, 11) is 0. The minimum absolute atomic E-state index is 0.381. The minimum atomic E-state index is -0.381. The number of benzene rings is 1. The van der Waals surface area contributed by atoms with Gasteiger partial charge in [-0.15, -0.1) is 12.3 Å². The van der Waals surface area contributed by atoms with Gasteiger partial charge in [0, 0.05) is 6.42 Å². The highest BCUT2D eigenvalue weighted by Gasteiger charge is 2.12. The Hall–Kier alpha value is -1.26. The molecule has 0 aromatic heterocycles. The van der Waals surface area contributed by atoms with Gasteiger partial charge in [-0.25, -0.2) is 0 Å². The third-order valence-corrected chi connectivity index (χ3v) is 2.87. The predicted molar refractivity (Wildman–Crippen MR) is 68.3 cm³/mol. The molecule has 1 nitrogen and oxygen atoms in total. The molecule has 0 aliphatic carbocycles. The quantitative estimate of drug-likeness (QED) is 0.603. The molecule has 1 unspecified atom stereocenters. The topological polar surface area (TPSA) is 20.2 Å². The maximum absolute atomic E-state index is 10.1. The van der Waals surface area contributed by atoms with E-state index in [1.54, 1.807) is 0 Å². The SMILES string of the molecule is C#CCCCC(O)c1c(C)cc(C)cc1C. The molecular formula is C15H20O. The summed E-state index contributed by atoms with van der Waals surface area (Å²) in [5.41, 5.74) is 4.66. The lowest BCUT2D eigenvalue weighted by Crippen LogP contribution is -2.03.